The first-order valence-corrected chi connectivity index (χ1v) is 9.58. The van der Waals surface area contributed by atoms with Gasteiger partial charge in [-0.05, 0) is 25.1 Å². The van der Waals surface area contributed by atoms with Crippen LogP contribution in [-0.4, -0.2) is 71.5 Å². The molecular weight excluding hydrogens is 412 g/mol. The average Bonchev–Trinajstić information content (AvgIpc) is 2.77. The maximum Gasteiger partial charge on any atom is 0.326 e. The summed E-state index contributed by atoms with van der Waals surface area (Å²) < 4.78 is 31.6. The molecule has 9 nitrogen and oxygen atoms in total. The van der Waals surface area contributed by atoms with Gasteiger partial charge in [-0.2, -0.15) is 0 Å². The summed E-state index contributed by atoms with van der Waals surface area (Å²) in [5, 5.41) is 2.19. The van der Waals surface area contributed by atoms with Crippen LogP contribution in [0.2, 0.25) is 0 Å². The fraction of sp³-hybridized carbons (Fsp3) is 0.350. The van der Waals surface area contributed by atoms with Gasteiger partial charge in [0.2, 0.25) is 5.95 Å². The molecule has 1 aliphatic rings. The Morgan fingerprint density at radius 2 is 1.81 bits per heavy atom. The SMILES string of the molecule is CC(OC(=O)CNC(=O)c1ccc(F)cc1F)C(=O)N1CCN(c2ncccn2)CC1. The van der Waals surface area contributed by atoms with E-state index in [-0.39, 0.29) is 5.91 Å². The Labute approximate surface area is 177 Å². The summed E-state index contributed by atoms with van der Waals surface area (Å²) in [5.74, 6) is -3.39. The summed E-state index contributed by atoms with van der Waals surface area (Å²) in [7, 11) is 0. The largest absolute Gasteiger partial charge is 0.451 e. The van der Waals surface area contributed by atoms with E-state index in [0.29, 0.717) is 38.2 Å². The van der Waals surface area contributed by atoms with Crippen LogP contribution in [0.5, 0.6) is 0 Å². The van der Waals surface area contributed by atoms with Gasteiger partial charge in [0, 0.05) is 44.6 Å². The zero-order valence-electron chi connectivity index (χ0n) is 16.8. The van der Waals surface area contributed by atoms with Gasteiger partial charge in [0.1, 0.15) is 18.2 Å². The third kappa shape index (κ3) is 5.71. The Morgan fingerprint density at radius 3 is 2.45 bits per heavy atom. The lowest BCUT2D eigenvalue weighted by molar-refractivity contribution is -0.158. The summed E-state index contributed by atoms with van der Waals surface area (Å²) in [6, 6.07) is 4.19. The first-order valence-electron chi connectivity index (χ1n) is 9.58. The molecule has 164 valence electrons. The summed E-state index contributed by atoms with van der Waals surface area (Å²) >= 11 is 0. The van der Waals surface area contributed by atoms with Crippen LogP contribution in [0, 0.1) is 11.6 Å². The summed E-state index contributed by atoms with van der Waals surface area (Å²) in [5.41, 5.74) is -0.404. The third-order valence-electron chi connectivity index (χ3n) is 4.65. The number of benzene rings is 1. The minimum absolute atomic E-state index is 0.363. The van der Waals surface area contributed by atoms with Gasteiger partial charge in [0.25, 0.3) is 11.8 Å². The van der Waals surface area contributed by atoms with E-state index in [1.807, 2.05) is 4.90 Å². The molecule has 31 heavy (non-hydrogen) atoms. The van der Waals surface area contributed by atoms with Crippen molar-refractivity contribution in [3.8, 4) is 0 Å². The first-order chi connectivity index (χ1) is 14.8. The Bertz CT molecular complexity index is 952. The molecule has 11 heteroatoms. The predicted molar refractivity (Wildman–Crippen MR) is 105 cm³/mol. The van der Waals surface area contributed by atoms with Crippen molar-refractivity contribution in [2.45, 2.75) is 13.0 Å². The summed E-state index contributed by atoms with van der Waals surface area (Å²) in [6.07, 6.45) is 2.24. The zero-order chi connectivity index (χ0) is 22.4. The van der Waals surface area contributed by atoms with Gasteiger partial charge in [-0.25, -0.2) is 18.7 Å². The average molecular weight is 433 g/mol. The number of nitrogens with zero attached hydrogens (tertiary/aromatic N) is 4. The number of hydrogen-bond acceptors (Lipinski definition) is 7. The molecule has 0 spiro atoms. The van der Waals surface area contributed by atoms with E-state index < -0.39 is 41.7 Å². The van der Waals surface area contributed by atoms with E-state index in [1.54, 1.807) is 23.4 Å². The van der Waals surface area contributed by atoms with Crippen molar-refractivity contribution in [3.05, 3.63) is 53.9 Å². The third-order valence-corrected chi connectivity index (χ3v) is 4.65. The second kappa shape index (κ2) is 9.92. The highest BCUT2D eigenvalue weighted by atomic mass is 19.1. The minimum Gasteiger partial charge on any atom is -0.451 e. The van der Waals surface area contributed by atoms with Gasteiger partial charge in [-0.15, -0.1) is 0 Å². The number of ether oxygens (including phenoxy) is 1. The minimum atomic E-state index is -1.05. The predicted octanol–water partition coefficient (Wildman–Crippen LogP) is 0.765. The number of nitrogens with one attached hydrogen (secondary N) is 1. The van der Waals surface area contributed by atoms with Crippen molar-refractivity contribution in [2.75, 3.05) is 37.6 Å². The van der Waals surface area contributed by atoms with E-state index in [1.165, 1.54) is 6.92 Å². The molecule has 1 aromatic heterocycles. The van der Waals surface area contributed by atoms with E-state index in [4.69, 9.17) is 4.74 Å². The number of hydrogen-bond donors (Lipinski definition) is 1. The van der Waals surface area contributed by atoms with Crippen molar-refractivity contribution in [1.82, 2.24) is 20.2 Å². The normalized spacial score (nSPS) is 14.7. The fourth-order valence-corrected chi connectivity index (χ4v) is 3.05. The van der Waals surface area contributed by atoms with Crippen LogP contribution >= 0.6 is 0 Å². The Kier molecular flexibility index (Phi) is 7.06. The molecule has 1 fully saturated rings. The lowest BCUT2D eigenvalue weighted by Gasteiger charge is -2.35. The second-order valence-corrected chi connectivity index (χ2v) is 6.80. The van der Waals surface area contributed by atoms with Crippen LogP contribution in [-0.2, 0) is 14.3 Å². The number of amides is 2. The number of rotatable bonds is 6. The van der Waals surface area contributed by atoms with E-state index in [2.05, 4.69) is 15.3 Å². The second-order valence-electron chi connectivity index (χ2n) is 6.80. The Balaban J connectivity index is 1.44. The fourth-order valence-electron chi connectivity index (χ4n) is 3.05. The molecular formula is C20H21F2N5O4. The Morgan fingerprint density at radius 1 is 1.13 bits per heavy atom. The number of halogens is 2. The zero-order valence-corrected chi connectivity index (χ0v) is 16.8. The van der Waals surface area contributed by atoms with Crippen molar-refractivity contribution >= 4 is 23.7 Å². The smallest absolute Gasteiger partial charge is 0.326 e. The van der Waals surface area contributed by atoms with Crippen LogP contribution in [0.15, 0.2) is 36.7 Å². The van der Waals surface area contributed by atoms with Crippen molar-refractivity contribution in [3.63, 3.8) is 0 Å². The molecule has 0 aliphatic carbocycles. The van der Waals surface area contributed by atoms with Crippen molar-refractivity contribution in [2.24, 2.45) is 0 Å². The maximum absolute atomic E-state index is 13.6. The highest BCUT2D eigenvalue weighted by Crippen LogP contribution is 2.12. The molecule has 1 unspecified atom stereocenters. The molecule has 0 radical (unpaired) electrons. The topological polar surface area (TPSA) is 105 Å². The van der Waals surface area contributed by atoms with E-state index in [0.717, 1.165) is 12.1 Å². The molecule has 1 saturated heterocycles. The first kappa shape index (κ1) is 22.1. The lowest BCUT2D eigenvalue weighted by Crippen LogP contribution is -2.52. The maximum atomic E-state index is 13.6. The van der Waals surface area contributed by atoms with Crippen molar-refractivity contribution in [1.29, 1.82) is 0 Å². The molecule has 2 aromatic rings. The molecule has 1 aliphatic heterocycles. The van der Waals surface area contributed by atoms with Gasteiger partial charge in [-0.1, -0.05) is 0 Å². The lowest BCUT2D eigenvalue weighted by atomic mass is 10.2. The molecule has 3 rings (SSSR count). The van der Waals surface area contributed by atoms with E-state index in [9.17, 15) is 23.2 Å². The number of carbonyl (C=O) groups is 3. The van der Waals surface area contributed by atoms with Crippen molar-refractivity contribution < 1.29 is 27.9 Å². The number of anilines is 1. The number of piperazine rings is 1. The van der Waals surface area contributed by atoms with Crippen LogP contribution in [0.3, 0.4) is 0 Å². The number of carbonyl (C=O) groups excluding carboxylic acids is 3. The van der Waals surface area contributed by atoms with Gasteiger partial charge in [0.15, 0.2) is 6.10 Å². The molecule has 2 amide bonds. The Hall–Kier alpha value is -3.63. The monoisotopic (exact) mass is 433 g/mol. The van der Waals surface area contributed by atoms with Crippen LogP contribution in [0.25, 0.3) is 0 Å². The molecule has 1 atom stereocenters. The molecule has 1 N–H and O–H groups in total. The molecule has 1 aromatic carbocycles. The summed E-state index contributed by atoms with van der Waals surface area (Å²) in [4.78, 5) is 48.3. The van der Waals surface area contributed by atoms with Crippen LogP contribution < -0.4 is 10.2 Å². The standard InChI is InChI=1S/C20H21F2N5O4/c1-13(19(30)26-7-9-27(10-8-26)20-23-5-2-6-24-20)31-17(28)12-25-18(29)15-4-3-14(21)11-16(15)22/h2-6,11,13H,7-10,12H2,1H3,(H,25,29). The van der Waals surface area contributed by atoms with Crippen LogP contribution in [0.4, 0.5) is 14.7 Å². The summed E-state index contributed by atoms with van der Waals surface area (Å²) in [6.45, 7) is 2.78. The highest BCUT2D eigenvalue weighted by molar-refractivity contribution is 5.96. The van der Waals surface area contributed by atoms with Gasteiger partial charge in [-0.3, -0.25) is 14.4 Å². The molecule has 0 bridgehead atoms. The number of esters is 1. The van der Waals surface area contributed by atoms with Gasteiger partial charge < -0.3 is 19.9 Å². The van der Waals surface area contributed by atoms with Crippen LogP contribution in [0.1, 0.15) is 17.3 Å². The van der Waals surface area contributed by atoms with E-state index >= 15 is 0 Å². The number of aromatic nitrogens is 2. The van der Waals surface area contributed by atoms with Gasteiger partial charge in [0.05, 0.1) is 5.56 Å². The van der Waals surface area contributed by atoms with Gasteiger partial charge >= 0.3 is 5.97 Å². The molecule has 0 saturated carbocycles. The highest BCUT2D eigenvalue weighted by Gasteiger charge is 2.28. The molecule has 2 heterocycles. The quantitative estimate of drug-likeness (QED) is 0.671.